The van der Waals surface area contributed by atoms with Crippen LogP contribution in [0.2, 0.25) is 0 Å². The van der Waals surface area contributed by atoms with Crippen LogP contribution in [0.5, 0.6) is 23.0 Å². The van der Waals surface area contributed by atoms with Crippen LogP contribution < -0.4 is 19.5 Å². The number of hydrogen-bond acceptors (Lipinski definition) is 8. The number of rotatable bonds is 7. The van der Waals surface area contributed by atoms with Gasteiger partial charge in [-0.25, -0.2) is 4.98 Å². The van der Waals surface area contributed by atoms with Gasteiger partial charge >= 0.3 is 6.36 Å². The van der Waals surface area contributed by atoms with Crippen molar-refractivity contribution in [3.63, 3.8) is 0 Å². The molecule has 0 aliphatic rings. The maximum atomic E-state index is 12.5. The molecule has 41 heavy (non-hydrogen) atoms. The predicted octanol–water partition coefficient (Wildman–Crippen LogP) is 7.68. The Bertz CT molecular complexity index is 1850. The molecule has 6 aromatic rings. The summed E-state index contributed by atoms with van der Waals surface area (Å²) in [6.45, 7) is 0. The van der Waals surface area contributed by atoms with Crippen molar-refractivity contribution in [2.75, 3.05) is 12.4 Å². The quantitative estimate of drug-likeness (QED) is 0.214. The first kappa shape index (κ1) is 25.8. The Kier molecular flexibility index (Phi) is 6.68. The molecule has 6 rings (SSSR count). The number of fused-ring (bicyclic) bond motifs is 2. The molecule has 8 nitrogen and oxygen atoms in total. The summed E-state index contributed by atoms with van der Waals surface area (Å²) in [7, 11) is 1.57. The van der Waals surface area contributed by atoms with E-state index in [0.29, 0.717) is 45.4 Å². The minimum absolute atomic E-state index is 0.308. The number of benzene rings is 3. The highest BCUT2D eigenvalue weighted by atomic mass is 19.4. The van der Waals surface area contributed by atoms with E-state index in [1.54, 1.807) is 31.6 Å². The van der Waals surface area contributed by atoms with E-state index in [0.717, 1.165) is 16.5 Å². The maximum Gasteiger partial charge on any atom is 0.573 e. The second kappa shape index (κ2) is 10.6. The van der Waals surface area contributed by atoms with E-state index in [9.17, 15) is 13.2 Å². The molecular weight excluding hydrogens is 535 g/mol. The average Bonchev–Trinajstić information content (AvgIpc) is 2.98. The SMILES string of the molecule is COc1cnc2c(Oc3ccc(Nc4nnc(-c5ccc(OC(F)(F)F)cc5)c5ccccc45)cc3)ccnc2c1. The van der Waals surface area contributed by atoms with Gasteiger partial charge in [0.05, 0.1) is 18.8 Å². The van der Waals surface area contributed by atoms with Gasteiger partial charge in [-0.15, -0.1) is 23.4 Å². The van der Waals surface area contributed by atoms with Crippen molar-refractivity contribution in [3.8, 4) is 34.3 Å². The zero-order valence-electron chi connectivity index (χ0n) is 21.4. The van der Waals surface area contributed by atoms with Crippen LogP contribution in [0.1, 0.15) is 0 Å². The van der Waals surface area contributed by atoms with E-state index in [1.807, 2.05) is 48.5 Å². The molecule has 3 aromatic heterocycles. The van der Waals surface area contributed by atoms with E-state index in [4.69, 9.17) is 9.47 Å². The van der Waals surface area contributed by atoms with Crippen LogP contribution >= 0.6 is 0 Å². The first-order chi connectivity index (χ1) is 19.9. The number of nitrogens with zero attached hydrogens (tertiary/aromatic N) is 4. The van der Waals surface area contributed by atoms with Crippen molar-refractivity contribution in [1.82, 2.24) is 20.2 Å². The normalized spacial score (nSPS) is 11.4. The van der Waals surface area contributed by atoms with Crippen molar-refractivity contribution in [2.45, 2.75) is 6.36 Å². The Morgan fingerprint density at radius 2 is 1.49 bits per heavy atom. The zero-order chi connectivity index (χ0) is 28.4. The number of anilines is 2. The lowest BCUT2D eigenvalue weighted by Crippen LogP contribution is -2.16. The molecule has 0 fully saturated rings. The molecule has 0 radical (unpaired) electrons. The summed E-state index contributed by atoms with van der Waals surface area (Å²) >= 11 is 0. The van der Waals surface area contributed by atoms with E-state index < -0.39 is 6.36 Å². The number of nitrogens with one attached hydrogen (secondary N) is 1. The lowest BCUT2D eigenvalue weighted by atomic mass is 10.0. The number of ether oxygens (including phenoxy) is 3. The third-order valence-corrected chi connectivity index (χ3v) is 6.14. The lowest BCUT2D eigenvalue weighted by Gasteiger charge is -2.13. The summed E-state index contributed by atoms with van der Waals surface area (Å²) in [6.07, 6.45) is -1.50. The smallest absolute Gasteiger partial charge is 0.495 e. The molecule has 0 amide bonds. The van der Waals surface area contributed by atoms with Crippen LogP contribution in [-0.4, -0.2) is 33.6 Å². The summed E-state index contributed by atoms with van der Waals surface area (Å²) in [5, 5.41) is 13.6. The zero-order valence-corrected chi connectivity index (χ0v) is 21.4. The highest BCUT2D eigenvalue weighted by Gasteiger charge is 2.31. The van der Waals surface area contributed by atoms with Gasteiger partial charge in [0.2, 0.25) is 0 Å². The number of methoxy groups -OCH3 is 1. The van der Waals surface area contributed by atoms with Crippen molar-refractivity contribution in [1.29, 1.82) is 0 Å². The first-order valence-electron chi connectivity index (χ1n) is 12.3. The molecule has 3 aromatic carbocycles. The fourth-order valence-electron chi connectivity index (χ4n) is 4.28. The van der Waals surface area contributed by atoms with Gasteiger partial charge in [0, 0.05) is 40.4 Å². The fraction of sp³-hybridized carbons (Fsp3) is 0.0667. The molecule has 0 saturated heterocycles. The van der Waals surface area contributed by atoms with E-state index in [1.165, 1.54) is 24.3 Å². The Labute approximate surface area is 231 Å². The van der Waals surface area contributed by atoms with Crippen molar-refractivity contribution in [3.05, 3.63) is 97.3 Å². The summed E-state index contributed by atoms with van der Waals surface area (Å²) in [6, 6.07) is 23.9. The Morgan fingerprint density at radius 3 is 2.22 bits per heavy atom. The topological polar surface area (TPSA) is 91.3 Å². The molecule has 0 aliphatic carbocycles. The van der Waals surface area contributed by atoms with Gasteiger partial charge in [0.1, 0.15) is 28.5 Å². The third kappa shape index (κ3) is 5.64. The Morgan fingerprint density at radius 1 is 0.756 bits per heavy atom. The van der Waals surface area contributed by atoms with E-state index in [2.05, 4.69) is 30.2 Å². The van der Waals surface area contributed by atoms with Crippen molar-refractivity contribution >= 4 is 33.3 Å². The molecular formula is C30H20F3N5O3. The van der Waals surface area contributed by atoms with Crippen molar-refractivity contribution < 1.29 is 27.4 Å². The highest BCUT2D eigenvalue weighted by Crippen LogP contribution is 2.34. The van der Waals surface area contributed by atoms with E-state index >= 15 is 0 Å². The van der Waals surface area contributed by atoms with Gasteiger partial charge in [-0.1, -0.05) is 24.3 Å². The first-order valence-corrected chi connectivity index (χ1v) is 12.3. The standard InChI is InChI=1S/C30H20F3N5O3/c1-39-22-16-25-28(35-17-22)26(14-15-34-25)40-20-12-8-19(9-13-20)36-29-24-5-3-2-4-23(24)27(37-38-29)18-6-10-21(11-7-18)41-30(31,32)33/h2-17H,1H3,(H,36,38). The second-order valence-corrected chi connectivity index (χ2v) is 8.82. The number of pyridine rings is 2. The molecule has 11 heteroatoms. The van der Waals surface area contributed by atoms with E-state index in [-0.39, 0.29) is 5.75 Å². The van der Waals surface area contributed by atoms with Crippen LogP contribution in [0.15, 0.2) is 97.3 Å². The maximum absolute atomic E-state index is 12.5. The van der Waals surface area contributed by atoms with Crippen LogP contribution in [0.4, 0.5) is 24.7 Å². The number of hydrogen-bond donors (Lipinski definition) is 1. The Balaban J connectivity index is 1.23. The average molecular weight is 556 g/mol. The van der Waals surface area contributed by atoms with Crippen LogP contribution in [-0.2, 0) is 0 Å². The fourth-order valence-corrected chi connectivity index (χ4v) is 4.28. The molecule has 0 unspecified atom stereocenters. The summed E-state index contributed by atoms with van der Waals surface area (Å²) in [4.78, 5) is 8.73. The number of alkyl halides is 3. The minimum atomic E-state index is -4.76. The Hall–Kier alpha value is -5.45. The van der Waals surface area contributed by atoms with Crippen LogP contribution in [0.3, 0.4) is 0 Å². The minimum Gasteiger partial charge on any atom is -0.495 e. The highest BCUT2D eigenvalue weighted by molar-refractivity contribution is 6.00. The van der Waals surface area contributed by atoms with Crippen LogP contribution in [0.25, 0.3) is 33.1 Å². The van der Waals surface area contributed by atoms with Crippen molar-refractivity contribution in [2.24, 2.45) is 0 Å². The summed E-state index contributed by atoms with van der Waals surface area (Å²) in [5.74, 6) is 1.98. The molecule has 0 aliphatic heterocycles. The second-order valence-electron chi connectivity index (χ2n) is 8.82. The molecule has 3 heterocycles. The molecule has 0 spiro atoms. The molecule has 204 valence electrons. The lowest BCUT2D eigenvalue weighted by molar-refractivity contribution is -0.274. The summed E-state index contributed by atoms with van der Waals surface area (Å²) in [5.41, 5.74) is 3.15. The summed E-state index contributed by atoms with van der Waals surface area (Å²) < 4.78 is 52.8. The monoisotopic (exact) mass is 555 g/mol. The predicted molar refractivity (Wildman–Crippen MR) is 148 cm³/mol. The largest absolute Gasteiger partial charge is 0.573 e. The number of aromatic nitrogens is 4. The van der Waals surface area contributed by atoms with Gasteiger partial charge in [-0.3, -0.25) is 4.98 Å². The molecule has 0 saturated carbocycles. The van der Waals surface area contributed by atoms with Gasteiger partial charge in [-0.2, -0.15) is 0 Å². The molecule has 0 atom stereocenters. The van der Waals surface area contributed by atoms with Gasteiger partial charge in [0.15, 0.2) is 11.6 Å². The van der Waals surface area contributed by atoms with Crippen LogP contribution in [0, 0.1) is 0 Å². The molecule has 0 bridgehead atoms. The third-order valence-electron chi connectivity index (χ3n) is 6.14. The van der Waals surface area contributed by atoms with Gasteiger partial charge in [0.25, 0.3) is 0 Å². The number of halogens is 3. The molecule has 1 N–H and O–H groups in total. The van der Waals surface area contributed by atoms with Gasteiger partial charge < -0.3 is 19.5 Å². The van der Waals surface area contributed by atoms with Gasteiger partial charge in [-0.05, 0) is 48.5 Å².